The van der Waals surface area contributed by atoms with Gasteiger partial charge in [-0.05, 0) is 6.42 Å². The van der Waals surface area contributed by atoms with Crippen molar-refractivity contribution < 1.29 is 23.9 Å². The second-order valence-corrected chi connectivity index (χ2v) is 4.59. The largest absolute Gasteiger partial charge is 0.461 e. The minimum atomic E-state index is -0.543. The zero-order valence-corrected chi connectivity index (χ0v) is 13.7. The smallest absolute Gasteiger partial charge is 0.330 e. The first-order valence-electron chi connectivity index (χ1n) is 7.56. The van der Waals surface area contributed by atoms with Crippen LogP contribution in [0.4, 0.5) is 0 Å². The molecule has 0 radical (unpaired) electrons. The van der Waals surface area contributed by atoms with E-state index >= 15 is 0 Å². The topological polar surface area (TPSA) is 72.9 Å². The first-order valence-corrected chi connectivity index (χ1v) is 7.56. The summed E-state index contributed by atoms with van der Waals surface area (Å²) in [6.07, 6.45) is 8.07. The lowest BCUT2D eigenvalue weighted by atomic mass is 10.2. The molecule has 0 heterocycles. The van der Waals surface area contributed by atoms with Crippen molar-refractivity contribution in [3.63, 3.8) is 0 Å². The van der Waals surface area contributed by atoms with Crippen molar-refractivity contribution in [3.8, 4) is 0 Å². The summed E-state index contributed by atoms with van der Waals surface area (Å²) in [5.41, 5.74) is 0. The summed E-state index contributed by atoms with van der Waals surface area (Å²) in [6.45, 7) is 9.23. The summed E-state index contributed by atoms with van der Waals surface area (Å²) in [5, 5.41) is 0. The van der Waals surface area contributed by atoms with Crippen LogP contribution in [0.15, 0.2) is 37.5 Å². The van der Waals surface area contributed by atoms with Gasteiger partial charge in [0.15, 0.2) is 0 Å². The van der Waals surface area contributed by atoms with Crippen LogP contribution >= 0.6 is 0 Å². The third kappa shape index (κ3) is 10.9. The van der Waals surface area contributed by atoms with E-state index in [9.17, 15) is 14.4 Å². The SMILES string of the molecule is C=CC(=O)OCCN(CCOC(=O)C=C)C(=O)C/C=C\CCC. The fraction of sp³-hybridized carbons (Fsp3) is 0.471. The van der Waals surface area contributed by atoms with E-state index in [0.717, 1.165) is 25.0 Å². The maximum Gasteiger partial charge on any atom is 0.330 e. The molecule has 0 rings (SSSR count). The highest BCUT2D eigenvalue weighted by Crippen LogP contribution is 1.99. The molecule has 1 amide bonds. The number of amides is 1. The fourth-order valence-electron chi connectivity index (χ4n) is 1.59. The van der Waals surface area contributed by atoms with Crippen molar-refractivity contribution in [2.24, 2.45) is 0 Å². The van der Waals surface area contributed by atoms with Gasteiger partial charge in [-0.3, -0.25) is 4.79 Å². The van der Waals surface area contributed by atoms with Crippen molar-refractivity contribution in [3.05, 3.63) is 37.5 Å². The number of nitrogens with zero attached hydrogens (tertiary/aromatic N) is 1. The normalized spacial score (nSPS) is 10.1. The highest BCUT2D eigenvalue weighted by molar-refractivity contribution is 5.81. The number of carbonyl (C=O) groups is 3. The maximum absolute atomic E-state index is 12.2. The van der Waals surface area contributed by atoms with Crippen molar-refractivity contribution in [1.82, 2.24) is 4.90 Å². The Morgan fingerprint density at radius 2 is 1.48 bits per heavy atom. The summed E-state index contributed by atoms with van der Waals surface area (Å²) >= 11 is 0. The Bertz CT molecular complexity index is 416. The predicted octanol–water partition coefficient (Wildman–Crippen LogP) is 2.02. The van der Waals surface area contributed by atoms with Gasteiger partial charge in [-0.2, -0.15) is 0 Å². The van der Waals surface area contributed by atoms with E-state index in [1.165, 1.54) is 4.90 Å². The van der Waals surface area contributed by atoms with Crippen LogP contribution in [-0.4, -0.2) is 49.0 Å². The van der Waals surface area contributed by atoms with Gasteiger partial charge in [-0.1, -0.05) is 38.7 Å². The molecule has 0 saturated carbocycles. The Morgan fingerprint density at radius 1 is 0.957 bits per heavy atom. The van der Waals surface area contributed by atoms with E-state index in [-0.39, 0.29) is 38.6 Å². The molecule has 0 aliphatic carbocycles. The van der Waals surface area contributed by atoms with Gasteiger partial charge >= 0.3 is 11.9 Å². The Balaban J connectivity index is 4.41. The highest BCUT2D eigenvalue weighted by Gasteiger charge is 2.13. The molecule has 6 heteroatoms. The van der Waals surface area contributed by atoms with Crippen LogP contribution in [0.1, 0.15) is 26.2 Å². The predicted molar refractivity (Wildman–Crippen MR) is 87.6 cm³/mol. The number of carbonyl (C=O) groups excluding carboxylic acids is 3. The molecule has 0 saturated heterocycles. The third-order valence-electron chi connectivity index (χ3n) is 2.81. The van der Waals surface area contributed by atoms with Crippen molar-refractivity contribution in [2.45, 2.75) is 26.2 Å². The average molecular weight is 323 g/mol. The van der Waals surface area contributed by atoms with Gasteiger partial charge in [-0.15, -0.1) is 0 Å². The molecule has 0 aliphatic rings. The quantitative estimate of drug-likeness (QED) is 0.312. The monoisotopic (exact) mass is 323 g/mol. The molecule has 0 aliphatic heterocycles. The second kappa shape index (κ2) is 13.3. The number of unbranched alkanes of at least 4 members (excludes halogenated alkanes) is 1. The van der Waals surface area contributed by atoms with E-state index in [2.05, 4.69) is 20.1 Å². The maximum atomic E-state index is 12.2. The van der Waals surface area contributed by atoms with Crippen molar-refractivity contribution >= 4 is 17.8 Å². The Kier molecular flexibility index (Phi) is 11.9. The molecule has 128 valence electrons. The van der Waals surface area contributed by atoms with E-state index in [1.807, 2.05) is 12.2 Å². The molecular formula is C17H25NO5. The average Bonchev–Trinajstić information content (AvgIpc) is 2.56. The second-order valence-electron chi connectivity index (χ2n) is 4.59. The molecular weight excluding hydrogens is 298 g/mol. The number of ether oxygens (including phenoxy) is 2. The van der Waals surface area contributed by atoms with E-state index in [1.54, 1.807) is 0 Å². The first-order chi connectivity index (χ1) is 11.0. The number of esters is 2. The van der Waals surface area contributed by atoms with Gasteiger partial charge in [0.05, 0.1) is 13.1 Å². The van der Waals surface area contributed by atoms with Crippen LogP contribution < -0.4 is 0 Å². The number of hydrogen-bond donors (Lipinski definition) is 0. The molecule has 0 aromatic rings. The van der Waals surface area contributed by atoms with Crippen LogP contribution in [0.25, 0.3) is 0 Å². The van der Waals surface area contributed by atoms with Gasteiger partial charge in [0.1, 0.15) is 13.2 Å². The molecule has 0 unspecified atom stereocenters. The third-order valence-corrected chi connectivity index (χ3v) is 2.81. The van der Waals surface area contributed by atoms with Crippen molar-refractivity contribution in [2.75, 3.05) is 26.3 Å². The summed E-state index contributed by atoms with van der Waals surface area (Å²) in [4.78, 5) is 35.7. The highest BCUT2D eigenvalue weighted by atomic mass is 16.5. The first kappa shape index (κ1) is 20.6. The zero-order chi connectivity index (χ0) is 17.5. The standard InChI is InChI=1S/C17H25NO5/c1-4-7-8-9-10-15(19)18(11-13-22-16(20)5-2)12-14-23-17(21)6-3/h5-6,8-9H,2-4,7,10-14H2,1H3/b9-8-. The molecule has 0 spiro atoms. The van der Waals surface area contributed by atoms with Crippen molar-refractivity contribution in [1.29, 1.82) is 0 Å². The zero-order valence-electron chi connectivity index (χ0n) is 13.7. The number of rotatable bonds is 12. The summed E-state index contributed by atoms with van der Waals surface area (Å²) in [5.74, 6) is -1.21. The van der Waals surface area contributed by atoms with E-state index < -0.39 is 11.9 Å². The van der Waals surface area contributed by atoms with Crippen LogP contribution in [0.3, 0.4) is 0 Å². The fourth-order valence-corrected chi connectivity index (χ4v) is 1.59. The van der Waals surface area contributed by atoms with Gasteiger partial charge < -0.3 is 14.4 Å². The molecule has 0 fully saturated rings. The summed E-state index contributed by atoms with van der Waals surface area (Å²) < 4.78 is 9.74. The van der Waals surface area contributed by atoms with Gasteiger partial charge in [-0.25, -0.2) is 9.59 Å². The lowest BCUT2D eigenvalue weighted by molar-refractivity contribution is -0.142. The van der Waals surface area contributed by atoms with Crippen LogP contribution in [0, 0.1) is 0 Å². The summed E-state index contributed by atoms with van der Waals surface area (Å²) in [6, 6.07) is 0. The number of hydrogen-bond acceptors (Lipinski definition) is 5. The number of allylic oxidation sites excluding steroid dienone is 1. The molecule has 0 N–H and O–H groups in total. The van der Waals surface area contributed by atoms with Crippen LogP contribution in [0.5, 0.6) is 0 Å². The van der Waals surface area contributed by atoms with Gasteiger partial charge in [0.2, 0.25) is 5.91 Å². The van der Waals surface area contributed by atoms with Crippen LogP contribution in [-0.2, 0) is 23.9 Å². The lowest BCUT2D eigenvalue weighted by Gasteiger charge is -2.21. The molecule has 0 aromatic heterocycles. The molecule has 6 nitrogen and oxygen atoms in total. The molecule has 23 heavy (non-hydrogen) atoms. The molecule has 0 atom stereocenters. The molecule has 0 bridgehead atoms. The van der Waals surface area contributed by atoms with Gasteiger partial charge in [0, 0.05) is 18.6 Å². The van der Waals surface area contributed by atoms with E-state index in [4.69, 9.17) is 9.47 Å². The Morgan fingerprint density at radius 3 is 1.91 bits per heavy atom. The minimum Gasteiger partial charge on any atom is -0.461 e. The van der Waals surface area contributed by atoms with Crippen LogP contribution in [0.2, 0.25) is 0 Å². The molecule has 0 aromatic carbocycles. The van der Waals surface area contributed by atoms with E-state index in [0.29, 0.717) is 0 Å². The van der Waals surface area contributed by atoms with Gasteiger partial charge in [0.25, 0.3) is 0 Å². The Labute approximate surface area is 137 Å². The minimum absolute atomic E-state index is 0.0602. The summed E-state index contributed by atoms with van der Waals surface area (Å²) in [7, 11) is 0. The lowest BCUT2D eigenvalue weighted by Crippen LogP contribution is -2.37. The Hall–Kier alpha value is -2.37.